The summed E-state index contributed by atoms with van der Waals surface area (Å²) in [6, 6.07) is 16.4. The van der Waals surface area contributed by atoms with Crippen LogP contribution < -0.4 is 14.8 Å². The topological polar surface area (TPSA) is 71.3 Å². The van der Waals surface area contributed by atoms with E-state index in [1.165, 1.54) is 0 Å². The van der Waals surface area contributed by atoms with E-state index in [9.17, 15) is 4.79 Å². The van der Waals surface area contributed by atoms with E-state index in [1.54, 1.807) is 36.4 Å². The number of carbonyl (C=O) groups excluding carboxylic acids is 1. The summed E-state index contributed by atoms with van der Waals surface area (Å²) in [5.74, 6) is 0.947. The van der Waals surface area contributed by atoms with Crippen molar-refractivity contribution in [3.05, 3.63) is 54.1 Å². The van der Waals surface area contributed by atoms with E-state index < -0.39 is 0 Å². The van der Waals surface area contributed by atoms with Gasteiger partial charge in [0.25, 0.3) is 5.91 Å². The normalized spacial score (nSPS) is 9.74. The number of nitrogens with zero attached hydrogens (tertiary/aromatic N) is 1. The van der Waals surface area contributed by atoms with Crippen LogP contribution in [0.4, 0.5) is 5.69 Å². The maximum Gasteiger partial charge on any atom is 0.262 e. The molecule has 0 fully saturated rings. The number of ether oxygens (including phenoxy) is 2. The van der Waals surface area contributed by atoms with Gasteiger partial charge in [0.05, 0.1) is 24.8 Å². The molecular weight excluding hydrogens is 292 g/mol. The Morgan fingerprint density at radius 2 is 1.87 bits per heavy atom. The van der Waals surface area contributed by atoms with Gasteiger partial charge in [-0.1, -0.05) is 24.3 Å². The minimum atomic E-state index is -0.266. The van der Waals surface area contributed by atoms with Crippen LogP contribution in [0.25, 0.3) is 0 Å². The van der Waals surface area contributed by atoms with Gasteiger partial charge in [-0.2, -0.15) is 5.26 Å². The summed E-state index contributed by atoms with van der Waals surface area (Å²) >= 11 is 0. The second-order valence-electron chi connectivity index (χ2n) is 4.74. The molecule has 2 rings (SSSR count). The zero-order valence-corrected chi connectivity index (χ0v) is 12.9. The summed E-state index contributed by atoms with van der Waals surface area (Å²) in [5.41, 5.74) is 1.53. The van der Waals surface area contributed by atoms with Crippen LogP contribution in [0.2, 0.25) is 0 Å². The van der Waals surface area contributed by atoms with Crippen LogP contribution in [0, 0.1) is 11.3 Å². The van der Waals surface area contributed by atoms with Crippen molar-refractivity contribution < 1.29 is 14.3 Å². The zero-order valence-electron chi connectivity index (χ0n) is 12.9. The highest BCUT2D eigenvalue weighted by molar-refractivity contribution is 5.93. The number of nitrogens with one attached hydrogen (secondary N) is 1. The van der Waals surface area contributed by atoms with Crippen molar-refractivity contribution in [1.29, 1.82) is 5.26 Å². The quantitative estimate of drug-likeness (QED) is 0.852. The molecule has 0 atom stereocenters. The van der Waals surface area contributed by atoms with Gasteiger partial charge >= 0.3 is 0 Å². The number of rotatable bonds is 7. The molecular formula is C18H18N2O3. The second kappa shape index (κ2) is 8.44. The predicted molar refractivity (Wildman–Crippen MR) is 87.5 cm³/mol. The smallest absolute Gasteiger partial charge is 0.262 e. The van der Waals surface area contributed by atoms with Crippen molar-refractivity contribution in [3.8, 4) is 17.6 Å². The maximum absolute atomic E-state index is 12.0. The van der Waals surface area contributed by atoms with Crippen molar-refractivity contribution in [1.82, 2.24) is 0 Å². The fraction of sp³-hybridized carbons (Fsp3) is 0.222. The van der Waals surface area contributed by atoms with E-state index in [0.717, 1.165) is 5.56 Å². The molecule has 0 unspecified atom stereocenters. The molecule has 0 heterocycles. The Morgan fingerprint density at radius 1 is 1.13 bits per heavy atom. The highest BCUT2D eigenvalue weighted by atomic mass is 16.5. The van der Waals surface area contributed by atoms with Crippen LogP contribution in [-0.4, -0.2) is 19.1 Å². The summed E-state index contributed by atoms with van der Waals surface area (Å²) < 4.78 is 10.9. The van der Waals surface area contributed by atoms with Crippen molar-refractivity contribution in [2.24, 2.45) is 0 Å². The molecule has 5 heteroatoms. The highest BCUT2D eigenvalue weighted by Crippen LogP contribution is 2.23. The molecule has 1 amide bonds. The lowest BCUT2D eigenvalue weighted by atomic mass is 10.2. The van der Waals surface area contributed by atoms with Crippen LogP contribution in [0.5, 0.6) is 11.5 Å². The third-order valence-corrected chi connectivity index (χ3v) is 3.04. The largest absolute Gasteiger partial charge is 0.492 e. The molecule has 0 bridgehead atoms. The van der Waals surface area contributed by atoms with Gasteiger partial charge in [0.15, 0.2) is 6.61 Å². The monoisotopic (exact) mass is 310 g/mol. The highest BCUT2D eigenvalue weighted by Gasteiger charge is 2.08. The lowest BCUT2D eigenvalue weighted by molar-refractivity contribution is -0.118. The van der Waals surface area contributed by atoms with Crippen molar-refractivity contribution in [2.75, 3.05) is 18.5 Å². The molecule has 0 aliphatic rings. The van der Waals surface area contributed by atoms with Crippen molar-refractivity contribution in [3.63, 3.8) is 0 Å². The first-order valence-corrected chi connectivity index (χ1v) is 7.33. The van der Waals surface area contributed by atoms with Gasteiger partial charge in [-0.15, -0.1) is 0 Å². The predicted octanol–water partition coefficient (Wildman–Crippen LogP) is 3.17. The summed E-state index contributed by atoms with van der Waals surface area (Å²) in [6.07, 6.45) is 0.356. The fourth-order valence-corrected chi connectivity index (χ4v) is 1.98. The summed E-state index contributed by atoms with van der Waals surface area (Å²) in [7, 11) is 0. The first-order valence-electron chi connectivity index (χ1n) is 7.33. The Balaban J connectivity index is 1.89. The lowest BCUT2D eigenvalue weighted by Gasteiger charge is -2.11. The molecule has 2 aromatic carbocycles. The number of nitriles is 1. The average Bonchev–Trinajstić information content (AvgIpc) is 2.57. The van der Waals surface area contributed by atoms with Crippen LogP contribution >= 0.6 is 0 Å². The molecule has 0 saturated heterocycles. The molecule has 118 valence electrons. The summed E-state index contributed by atoms with van der Waals surface area (Å²) in [4.78, 5) is 12.0. The molecule has 0 aliphatic carbocycles. The van der Waals surface area contributed by atoms with Crippen LogP contribution in [0.3, 0.4) is 0 Å². The van der Waals surface area contributed by atoms with Gasteiger partial charge in [0, 0.05) is 0 Å². The Bertz CT molecular complexity index is 690. The molecule has 0 aromatic heterocycles. The molecule has 0 radical (unpaired) electrons. The first kappa shape index (κ1) is 16.4. The van der Waals surface area contributed by atoms with Crippen molar-refractivity contribution in [2.45, 2.75) is 13.3 Å². The minimum absolute atomic E-state index is 0.0992. The molecule has 2 aromatic rings. The van der Waals surface area contributed by atoms with E-state index >= 15 is 0 Å². The molecule has 0 saturated carbocycles. The molecule has 5 nitrogen and oxygen atoms in total. The molecule has 0 aliphatic heterocycles. The summed E-state index contributed by atoms with van der Waals surface area (Å²) in [6.45, 7) is 2.31. The number of benzene rings is 2. The van der Waals surface area contributed by atoms with Crippen LogP contribution in [0.15, 0.2) is 48.5 Å². The first-order chi connectivity index (χ1) is 11.2. The SMILES string of the molecule is CCOc1ccccc1NC(=O)COc1ccc(CC#N)cc1. The molecule has 1 N–H and O–H groups in total. The second-order valence-corrected chi connectivity index (χ2v) is 4.74. The van der Waals surface area contributed by atoms with E-state index in [1.807, 2.05) is 19.1 Å². The Labute approximate surface area is 135 Å². The third kappa shape index (κ3) is 5.04. The standard InChI is InChI=1S/C18H18N2O3/c1-2-22-17-6-4-3-5-16(17)20-18(21)13-23-15-9-7-14(8-10-15)11-12-19/h3-10H,2,11,13H2,1H3,(H,20,21). The van der Waals surface area contributed by atoms with Gasteiger partial charge in [-0.25, -0.2) is 0 Å². The van der Waals surface area contributed by atoms with Crippen LogP contribution in [-0.2, 0) is 11.2 Å². The average molecular weight is 310 g/mol. The van der Waals surface area contributed by atoms with Gasteiger partial charge in [-0.3, -0.25) is 4.79 Å². The summed E-state index contributed by atoms with van der Waals surface area (Å²) in [5, 5.41) is 11.4. The van der Waals surface area contributed by atoms with Crippen molar-refractivity contribution >= 4 is 11.6 Å². The number of anilines is 1. The third-order valence-electron chi connectivity index (χ3n) is 3.04. The van der Waals surface area contributed by atoms with E-state index in [4.69, 9.17) is 14.7 Å². The molecule has 0 spiro atoms. The van der Waals surface area contributed by atoms with Gasteiger partial charge in [0.2, 0.25) is 0 Å². The van der Waals surface area contributed by atoms with Gasteiger partial charge < -0.3 is 14.8 Å². The van der Waals surface area contributed by atoms with Gasteiger partial charge in [0.1, 0.15) is 11.5 Å². The zero-order chi connectivity index (χ0) is 16.5. The number of hydrogen-bond acceptors (Lipinski definition) is 4. The van der Waals surface area contributed by atoms with E-state index in [2.05, 4.69) is 11.4 Å². The Morgan fingerprint density at radius 3 is 2.57 bits per heavy atom. The Kier molecular flexibility index (Phi) is 6.01. The minimum Gasteiger partial charge on any atom is -0.492 e. The maximum atomic E-state index is 12.0. The molecule has 23 heavy (non-hydrogen) atoms. The number of carbonyl (C=O) groups is 1. The Hall–Kier alpha value is -3.00. The number of para-hydroxylation sites is 2. The lowest BCUT2D eigenvalue weighted by Crippen LogP contribution is -2.20. The fourth-order valence-electron chi connectivity index (χ4n) is 1.98. The number of amides is 1. The van der Waals surface area contributed by atoms with E-state index in [-0.39, 0.29) is 12.5 Å². The van der Waals surface area contributed by atoms with Crippen LogP contribution in [0.1, 0.15) is 12.5 Å². The van der Waals surface area contributed by atoms with E-state index in [0.29, 0.717) is 30.2 Å². The van der Waals surface area contributed by atoms with Gasteiger partial charge in [-0.05, 0) is 36.8 Å². The number of hydrogen-bond donors (Lipinski definition) is 1.